The van der Waals surface area contributed by atoms with Gasteiger partial charge in [-0.2, -0.15) is 6.07 Å². The molecule has 0 bridgehead atoms. The number of nitrogens with zero attached hydrogens (tertiary/aromatic N) is 4. The number of anilines is 2. The van der Waals surface area contributed by atoms with Crippen molar-refractivity contribution in [2.75, 3.05) is 9.80 Å². The van der Waals surface area contributed by atoms with Crippen LogP contribution in [0.5, 0.6) is 11.5 Å². The van der Waals surface area contributed by atoms with Gasteiger partial charge in [-0.3, -0.25) is 0 Å². The molecule has 0 saturated carbocycles. The summed E-state index contributed by atoms with van der Waals surface area (Å²) >= 11 is 0. The number of hydrogen-bond acceptors (Lipinski definition) is 4. The standard InChI is InChI=1S/C60H61N4O.Pt/c1-38-18-16-19-39(2)56(38)42-28-43(57-40(3)20-17-21-41(57)4)30-47(29-42)63-37-62(36-54(63)60(11,12)13)46-31-45(59(8,9)10)32-49(34-46)65-48-24-25-51-50-22-14-15-23-52(50)64(53(51)35-48)55-33-44(26-27-61-55)58(5,6)7;/h14-33,36-37H,1-13H3;/q-3;. The second-order valence-electron chi connectivity index (χ2n) is 21.0. The van der Waals surface area contributed by atoms with Crippen LogP contribution in [-0.2, 0) is 31.9 Å². The van der Waals surface area contributed by atoms with E-state index < -0.39 is 0 Å². The van der Waals surface area contributed by atoms with Crippen molar-refractivity contribution in [2.24, 2.45) is 5.41 Å². The first kappa shape index (κ1) is 46.6. The molecule has 8 aromatic rings. The zero-order valence-corrected chi connectivity index (χ0v) is 43.0. The summed E-state index contributed by atoms with van der Waals surface area (Å²) in [5.41, 5.74) is 17.2. The molecule has 0 atom stereocenters. The van der Waals surface area contributed by atoms with Crippen LogP contribution in [0.3, 0.4) is 0 Å². The summed E-state index contributed by atoms with van der Waals surface area (Å²) in [5.74, 6) is 2.10. The summed E-state index contributed by atoms with van der Waals surface area (Å²) in [6.07, 6.45) is 4.18. The van der Waals surface area contributed by atoms with Crippen LogP contribution in [0.2, 0.25) is 0 Å². The van der Waals surface area contributed by atoms with Gasteiger partial charge in [0.25, 0.3) is 0 Å². The van der Waals surface area contributed by atoms with Crippen LogP contribution >= 0.6 is 0 Å². The van der Waals surface area contributed by atoms with Gasteiger partial charge < -0.3 is 19.1 Å². The predicted molar refractivity (Wildman–Crippen MR) is 273 cm³/mol. The molecule has 0 saturated heterocycles. The summed E-state index contributed by atoms with van der Waals surface area (Å²) in [5, 5.41) is 2.24. The molecular formula is C60H61N4OPt-3. The van der Waals surface area contributed by atoms with E-state index in [2.05, 4.69) is 239 Å². The average Bonchev–Trinajstić information content (AvgIpc) is 3.84. The summed E-state index contributed by atoms with van der Waals surface area (Å²) in [6, 6.07) is 49.0. The number of aromatic nitrogens is 2. The van der Waals surface area contributed by atoms with Crippen LogP contribution in [0.4, 0.5) is 11.4 Å². The molecule has 2 aromatic heterocycles. The topological polar surface area (TPSA) is 33.5 Å². The van der Waals surface area contributed by atoms with Crippen LogP contribution in [0.15, 0.2) is 133 Å². The molecule has 0 radical (unpaired) electrons. The Hall–Kier alpha value is -5.90. The quantitative estimate of drug-likeness (QED) is 0.149. The smallest absolute Gasteiger partial charge is 0.135 e. The molecule has 0 fully saturated rings. The Morgan fingerprint density at radius 1 is 0.561 bits per heavy atom. The number of allylic oxidation sites excluding steroid dienone is 1. The zero-order valence-electron chi connectivity index (χ0n) is 40.7. The second kappa shape index (κ2) is 17.4. The third-order valence-corrected chi connectivity index (χ3v) is 12.9. The van der Waals surface area contributed by atoms with Gasteiger partial charge in [0.1, 0.15) is 5.82 Å². The maximum absolute atomic E-state index is 6.85. The van der Waals surface area contributed by atoms with E-state index in [0.717, 1.165) is 44.6 Å². The fraction of sp³-hybridized carbons (Fsp3) is 0.267. The van der Waals surface area contributed by atoms with Gasteiger partial charge in [0, 0.05) is 61.1 Å². The Labute approximate surface area is 407 Å². The van der Waals surface area contributed by atoms with Crippen molar-refractivity contribution in [3.8, 4) is 39.6 Å². The molecule has 340 valence electrons. The number of aryl methyl sites for hydroxylation is 4. The van der Waals surface area contributed by atoms with Crippen LogP contribution in [0, 0.1) is 51.9 Å². The molecule has 0 amide bonds. The number of ether oxygens (including phenoxy) is 1. The molecule has 66 heavy (non-hydrogen) atoms. The first-order valence-electron chi connectivity index (χ1n) is 22.9. The van der Waals surface area contributed by atoms with Crippen molar-refractivity contribution in [1.82, 2.24) is 9.55 Å². The molecule has 9 rings (SSSR count). The molecule has 1 aliphatic rings. The molecule has 0 N–H and O–H groups in total. The van der Waals surface area contributed by atoms with Gasteiger partial charge in [-0.05, 0) is 137 Å². The second-order valence-corrected chi connectivity index (χ2v) is 21.0. The van der Waals surface area contributed by atoms with Crippen LogP contribution in [0.25, 0.3) is 49.9 Å². The minimum absolute atomic E-state index is 0. The summed E-state index contributed by atoms with van der Waals surface area (Å²) in [6.45, 7) is 31.4. The normalized spacial score (nSPS) is 13.4. The third-order valence-electron chi connectivity index (χ3n) is 12.9. The first-order chi connectivity index (χ1) is 30.7. The van der Waals surface area contributed by atoms with E-state index >= 15 is 0 Å². The van der Waals surface area contributed by atoms with Crippen LogP contribution in [-0.4, -0.2) is 9.55 Å². The van der Waals surface area contributed by atoms with Gasteiger partial charge in [0.2, 0.25) is 0 Å². The summed E-state index contributed by atoms with van der Waals surface area (Å²) in [4.78, 5) is 9.47. The van der Waals surface area contributed by atoms with E-state index in [-0.39, 0.29) is 37.3 Å². The maximum Gasteiger partial charge on any atom is 0.135 e. The number of rotatable bonds is 7. The molecule has 5 nitrogen and oxygen atoms in total. The predicted octanol–water partition coefficient (Wildman–Crippen LogP) is 16.1. The monoisotopic (exact) mass is 1050 g/mol. The Balaban J connectivity index is 0.00000592. The number of pyridine rings is 1. The SMILES string of the molecule is Cc1cccc(C)c1-c1cc(-c2c(C)cccc2C)cc(N2[CH-]N(c3[c-]c(Oc4[c-]c5c(cc4)c4ccccc4n5-c4cc(C(C)(C)C)ccn4)cc(C(C)(C)C)c3)C=C2C(C)(C)C)c1.[Pt]. The van der Waals surface area contributed by atoms with Crippen molar-refractivity contribution >= 4 is 33.2 Å². The fourth-order valence-corrected chi connectivity index (χ4v) is 9.34. The molecule has 6 heteroatoms. The van der Waals surface area contributed by atoms with E-state index in [1.54, 1.807) is 0 Å². The van der Waals surface area contributed by atoms with E-state index in [9.17, 15) is 0 Å². The van der Waals surface area contributed by atoms with Crippen LogP contribution in [0.1, 0.15) is 95.7 Å². The van der Waals surface area contributed by atoms with Gasteiger partial charge in [0.15, 0.2) is 0 Å². The minimum Gasteiger partial charge on any atom is -0.509 e. The Morgan fingerprint density at radius 3 is 1.76 bits per heavy atom. The van der Waals surface area contributed by atoms with Gasteiger partial charge in [0.05, 0.1) is 0 Å². The maximum atomic E-state index is 6.85. The molecule has 3 heterocycles. The van der Waals surface area contributed by atoms with Crippen molar-refractivity contribution < 1.29 is 25.8 Å². The number of fused-ring (bicyclic) bond motifs is 3. The van der Waals surface area contributed by atoms with E-state index in [0.29, 0.717) is 11.5 Å². The molecule has 0 aliphatic carbocycles. The molecular weight excluding hydrogens is 988 g/mol. The minimum atomic E-state index is -0.191. The Morgan fingerprint density at radius 2 is 1.17 bits per heavy atom. The Bertz CT molecular complexity index is 3060. The fourth-order valence-electron chi connectivity index (χ4n) is 9.34. The number of benzene rings is 6. The van der Waals surface area contributed by atoms with Crippen molar-refractivity contribution in [1.29, 1.82) is 0 Å². The van der Waals surface area contributed by atoms with Crippen molar-refractivity contribution in [3.63, 3.8) is 0 Å². The Kier molecular flexibility index (Phi) is 12.3. The first-order valence-corrected chi connectivity index (χ1v) is 22.9. The largest absolute Gasteiger partial charge is 0.509 e. The molecule has 6 aromatic carbocycles. The van der Waals surface area contributed by atoms with E-state index in [4.69, 9.17) is 9.72 Å². The van der Waals surface area contributed by atoms with Crippen LogP contribution < -0.4 is 14.5 Å². The van der Waals surface area contributed by atoms with Crippen molar-refractivity contribution in [3.05, 3.63) is 186 Å². The van der Waals surface area contributed by atoms with Gasteiger partial charge >= 0.3 is 0 Å². The zero-order chi connectivity index (χ0) is 46.2. The summed E-state index contributed by atoms with van der Waals surface area (Å²) < 4.78 is 9.06. The van der Waals surface area contributed by atoms with Gasteiger partial charge in [-0.1, -0.05) is 122 Å². The van der Waals surface area contributed by atoms with E-state index in [1.165, 1.54) is 55.8 Å². The number of hydrogen-bond donors (Lipinski definition) is 0. The third kappa shape index (κ3) is 8.87. The molecule has 1 aliphatic heterocycles. The van der Waals surface area contributed by atoms with Gasteiger partial charge in [-0.15, -0.1) is 53.6 Å². The summed E-state index contributed by atoms with van der Waals surface area (Å²) in [7, 11) is 0. The van der Waals surface area contributed by atoms with E-state index in [1.807, 2.05) is 12.3 Å². The molecule has 0 spiro atoms. The van der Waals surface area contributed by atoms with Gasteiger partial charge in [-0.25, -0.2) is 4.98 Å². The number of para-hydroxylation sites is 1. The van der Waals surface area contributed by atoms with Crippen molar-refractivity contribution in [2.45, 2.75) is 101 Å². The molecule has 0 unspecified atom stereocenters. The average molecular weight is 1050 g/mol.